The first-order chi connectivity index (χ1) is 7.15. The molecule has 0 saturated heterocycles. The van der Waals surface area contributed by atoms with Crippen LogP contribution in [0.1, 0.15) is 25.5 Å². The van der Waals surface area contributed by atoms with Gasteiger partial charge in [0.2, 0.25) is 0 Å². The molecule has 4 heteroatoms. The van der Waals surface area contributed by atoms with E-state index in [1.165, 1.54) is 0 Å². The fourth-order valence-electron chi connectivity index (χ4n) is 1.20. The summed E-state index contributed by atoms with van der Waals surface area (Å²) in [5, 5.41) is 0. The summed E-state index contributed by atoms with van der Waals surface area (Å²) < 4.78 is 11.6. The minimum Gasteiger partial charge on any atom is -0.467 e. The van der Waals surface area contributed by atoms with Crippen LogP contribution in [0.5, 0.6) is 5.75 Å². The second kappa shape index (κ2) is 6.10. The Morgan fingerprint density at radius 1 is 1.47 bits per heavy atom. The molecule has 0 heterocycles. The van der Waals surface area contributed by atoms with Crippen molar-refractivity contribution in [2.75, 3.05) is 13.4 Å². The van der Waals surface area contributed by atoms with E-state index in [0.717, 1.165) is 15.8 Å². The van der Waals surface area contributed by atoms with Crippen molar-refractivity contribution in [1.82, 2.24) is 0 Å². The van der Waals surface area contributed by atoms with Crippen LogP contribution in [-0.2, 0) is 4.74 Å². The lowest BCUT2D eigenvalue weighted by Gasteiger charge is -2.14. The molecule has 0 amide bonds. The lowest BCUT2D eigenvalue weighted by Crippen LogP contribution is -2.09. The van der Waals surface area contributed by atoms with Crippen LogP contribution >= 0.6 is 15.9 Å². The molecule has 0 aliphatic rings. The largest absolute Gasteiger partial charge is 0.467 e. The fraction of sp³-hybridized carbons (Fsp3) is 0.455. The molecular formula is C11H16BrNO2. The van der Waals surface area contributed by atoms with Gasteiger partial charge >= 0.3 is 0 Å². The third-order valence-corrected chi connectivity index (χ3v) is 2.46. The zero-order valence-electron chi connectivity index (χ0n) is 9.00. The summed E-state index contributed by atoms with van der Waals surface area (Å²) in [5.41, 5.74) is 6.82. The van der Waals surface area contributed by atoms with E-state index in [-0.39, 0.29) is 12.8 Å². The normalized spacial score (nSPS) is 12.5. The van der Waals surface area contributed by atoms with Crippen molar-refractivity contribution < 1.29 is 9.47 Å². The van der Waals surface area contributed by atoms with Crippen LogP contribution in [0.2, 0.25) is 0 Å². The van der Waals surface area contributed by atoms with E-state index in [1.807, 2.05) is 32.0 Å². The highest BCUT2D eigenvalue weighted by Crippen LogP contribution is 2.27. The summed E-state index contributed by atoms with van der Waals surface area (Å²) in [6.07, 6.45) is 0. The standard InChI is InChI=1S/C11H16BrNO2/c1-3-14-7-15-11-6-9(12)4-5-10(11)8(2)13/h4-6,8H,3,7,13H2,1-2H3. The van der Waals surface area contributed by atoms with Gasteiger partial charge in [0, 0.05) is 22.7 Å². The zero-order valence-corrected chi connectivity index (χ0v) is 10.6. The van der Waals surface area contributed by atoms with Gasteiger partial charge in [-0.05, 0) is 26.0 Å². The first kappa shape index (κ1) is 12.5. The summed E-state index contributed by atoms with van der Waals surface area (Å²) in [5.74, 6) is 0.771. The van der Waals surface area contributed by atoms with Gasteiger partial charge in [0.1, 0.15) is 5.75 Å². The molecule has 1 rings (SSSR count). The molecule has 0 aliphatic heterocycles. The van der Waals surface area contributed by atoms with Gasteiger partial charge in [-0.2, -0.15) is 0 Å². The lowest BCUT2D eigenvalue weighted by atomic mass is 10.1. The SMILES string of the molecule is CCOCOc1cc(Br)ccc1C(C)N. The van der Waals surface area contributed by atoms with Gasteiger partial charge in [0.25, 0.3) is 0 Å². The van der Waals surface area contributed by atoms with Crippen molar-refractivity contribution >= 4 is 15.9 Å². The highest BCUT2D eigenvalue weighted by atomic mass is 79.9. The predicted octanol–water partition coefficient (Wildman–Crippen LogP) is 2.84. The molecule has 1 aromatic carbocycles. The predicted molar refractivity (Wildman–Crippen MR) is 63.9 cm³/mol. The molecule has 2 N–H and O–H groups in total. The Morgan fingerprint density at radius 2 is 2.20 bits per heavy atom. The fourth-order valence-corrected chi connectivity index (χ4v) is 1.54. The molecule has 3 nitrogen and oxygen atoms in total. The Bertz CT molecular complexity index is 315. The molecule has 1 unspecified atom stereocenters. The molecule has 0 bridgehead atoms. The molecule has 0 aromatic heterocycles. The minimum absolute atomic E-state index is 0.0465. The minimum atomic E-state index is -0.0465. The average molecular weight is 274 g/mol. The van der Waals surface area contributed by atoms with Gasteiger partial charge in [-0.25, -0.2) is 0 Å². The Labute approximate surface area is 98.7 Å². The van der Waals surface area contributed by atoms with E-state index in [1.54, 1.807) is 0 Å². The maximum Gasteiger partial charge on any atom is 0.189 e. The maximum absolute atomic E-state index is 5.83. The lowest BCUT2D eigenvalue weighted by molar-refractivity contribution is 0.0216. The van der Waals surface area contributed by atoms with Crippen molar-refractivity contribution in [3.63, 3.8) is 0 Å². The number of halogens is 1. The van der Waals surface area contributed by atoms with Crippen molar-refractivity contribution in [3.05, 3.63) is 28.2 Å². The zero-order chi connectivity index (χ0) is 11.3. The smallest absolute Gasteiger partial charge is 0.189 e. The number of ether oxygens (including phenoxy) is 2. The highest BCUT2D eigenvalue weighted by molar-refractivity contribution is 9.10. The first-order valence-corrected chi connectivity index (χ1v) is 5.70. The number of hydrogen-bond donors (Lipinski definition) is 1. The van der Waals surface area contributed by atoms with Crippen molar-refractivity contribution in [2.24, 2.45) is 5.73 Å². The topological polar surface area (TPSA) is 44.5 Å². The molecule has 1 aromatic rings. The second-order valence-electron chi connectivity index (χ2n) is 3.23. The molecule has 0 saturated carbocycles. The molecule has 15 heavy (non-hydrogen) atoms. The van der Waals surface area contributed by atoms with E-state index < -0.39 is 0 Å². The van der Waals surface area contributed by atoms with Gasteiger partial charge in [0.15, 0.2) is 6.79 Å². The van der Waals surface area contributed by atoms with Crippen LogP contribution in [0.4, 0.5) is 0 Å². The van der Waals surface area contributed by atoms with Crippen molar-refractivity contribution in [3.8, 4) is 5.75 Å². The van der Waals surface area contributed by atoms with Crippen molar-refractivity contribution in [2.45, 2.75) is 19.9 Å². The summed E-state index contributed by atoms with van der Waals surface area (Å²) in [6.45, 7) is 4.75. The Balaban J connectivity index is 2.77. The summed E-state index contributed by atoms with van der Waals surface area (Å²) in [4.78, 5) is 0. The number of hydrogen-bond acceptors (Lipinski definition) is 3. The second-order valence-corrected chi connectivity index (χ2v) is 4.14. The van der Waals surface area contributed by atoms with E-state index in [9.17, 15) is 0 Å². The molecule has 84 valence electrons. The molecule has 0 aliphatic carbocycles. The van der Waals surface area contributed by atoms with Crippen LogP contribution in [0, 0.1) is 0 Å². The van der Waals surface area contributed by atoms with Crippen LogP contribution in [0.25, 0.3) is 0 Å². The van der Waals surface area contributed by atoms with E-state index in [2.05, 4.69) is 15.9 Å². The molecular weight excluding hydrogens is 258 g/mol. The van der Waals surface area contributed by atoms with E-state index in [0.29, 0.717) is 6.61 Å². The molecule has 0 spiro atoms. The van der Waals surface area contributed by atoms with Crippen LogP contribution in [-0.4, -0.2) is 13.4 Å². The average Bonchev–Trinajstić information content (AvgIpc) is 2.18. The van der Waals surface area contributed by atoms with Gasteiger partial charge in [-0.1, -0.05) is 22.0 Å². The first-order valence-electron chi connectivity index (χ1n) is 4.90. The number of benzene rings is 1. The Kier molecular flexibility index (Phi) is 5.08. The van der Waals surface area contributed by atoms with E-state index in [4.69, 9.17) is 15.2 Å². The monoisotopic (exact) mass is 273 g/mol. The Morgan fingerprint density at radius 3 is 2.80 bits per heavy atom. The molecule has 0 radical (unpaired) electrons. The quantitative estimate of drug-likeness (QED) is 0.663. The number of nitrogens with two attached hydrogens (primary N) is 1. The Hall–Kier alpha value is -0.580. The van der Waals surface area contributed by atoms with Gasteiger partial charge in [-0.3, -0.25) is 0 Å². The third kappa shape index (κ3) is 3.81. The number of rotatable bonds is 5. The maximum atomic E-state index is 5.83. The summed E-state index contributed by atoms with van der Waals surface area (Å²) in [6, 6.07) is 5.76. The summed E-state index contributed by atoms with van der Waals surface area (Å²) >= 11 is 3.39. The van der Waals surface area contributed by atoms with Gasteiger partial charge < -0.3 is 15.2 Å². The van der Waals surface area contributed by atoms with Gasteiger partial charge in [0.05, 0.1) is 0 Å². The highest BCUT2D eigenvalue weighted by Gasteiger charge is 2.08. The van der Waals surface area contributed by atoms with Crippen LogP contribution in [0.15, 0.2) is 22.7 Å². The van der Waals surface area contributed by atoms with Gasteiger partial charge in [-0.15, -0.1) is 0 Å². The van der Waals surface area contributed by atoms with Crippen LogP contribution in [0.3, 0.4) is 0 Å². The summed E-state index contributed by atoms with van der Waals surface area (Å²) in [7, 11) is 0. The molecule has 1 atom stereocenters. The molecule has 0 fully saturated rings. The van der Waals surface area contributed by atoms with E-state index >= 15 is 0 Å². The van der Waals surface area contributed by atoms with Crippen LogP contribution < -0.4 is 10.5 Å². The van der Waals surface area contributed by atoms with Crippen molar-refractivity contribution in [1.29, 1.82) is 0 Å². The third-order valence-electron chi connectivity index (χ3n) is 1.97.